The second-order valence-electron chi connectivity index (χ2n) is 2.78. The van der Waals surface area contributed by atoms with Gasteiger partial charge in [0.05, 0.1) is 9.81 Å². The van der Waals surface area contributed by atoms with Gasteiger partial charge in [-0.3, -0.25) is 0 Å². The standard InChI is InChI=1S/C8H8O2S2/c1-5-7-3-4-11-8(7)6(2)12(5,9)10/h3-4H,1-2H3. The molecule has 0 saturated heterocycles. The van der Waals surface area contributed by atoms with Crippen molar-refractivity contribution in [2.75, 3.05) is 0 Å². The molecule has 0 N–H and O–H groups in total. The Labute approximate surface area is 74.8 Å². The van der Waals surface area contributed by atoms with Crippen LogP contribution in [0.15, 0.2) is 11.4 Å². The van der Waals surface area contributed by atoms with Gasteiger partial charge in [-0.25, -0.2) is 8.42 Å². The van der Waals surface area contributed by atoms with Gasteiger partial charge >= 0.3 is 0 Å². The molecule has 0 unspecified atom stereocenters. The van der Waals surface area contributed by atoms with Gasteiger partial charge in [0.1, 0.15) is 0 Å². The van der Waals surface area contributed by atoms with Gasteiger partial charge in [-0.05, 0) is 25.3 Å². The second kappa shape index (κ2) is 2.20. The van der Waals surface area contributed by atoms with E-state index in [0.717, 1.165) is 9.75 Å². The van der Waals surface area contributed by atoms with Crippen molar-refractivity contribution in [3.05, 3.63) is 21.2 Å². The highest BCUT2D eigenvalue weighted by Gasteiger charge is 2.24. The van der Waals surface area contributed by atoms with Crippen molar-refractivity contribution >= 4 is 31.0 Å². The van der Waals surface area contributed by atoms with E-state index in [1.165, 1.54) is 11.3 Å². The zero-order valence-corrected chi connectivity index (χ0v) is 8.42. The first-order chi connectivity index (χ1) is 5.55. The minimum Gasteiger partial charge on any atom is -0.219 e. The van der Waals surface area contributed by atoms with Crippen molar-refractivity contribution in [2.45, 2.75) is 13.8 Å². The third kappa shape index (κ3) is 0.765. The minimum absolute atomic E-state index is 0.497. The summed E-state index contributed by atoms with van der Waals surface area (Å²) in [6.07, 6.45) is 0. The molecule has 0 fully saturated rings. The lowest BCUT2D eigenvalue weighted by Crippen LogP contribution is -2.15. The van der Waals surface area contributed by atoms with Crippen LogP contribution in [-0.4, -0.2) is 8.42 Å². The largest absolute Gasteiger partial charge is 0.219 e. The second-order valence-corrected chi connectivity index (χ2v) is 5.93. The third-order valence-electron chi connectivity index (χ3n) is 2.17. The van der Waals surface area contributed by atoms with E-state index >= 15 is 0 Å². The Morgan fingerprint density at radius 3 is 2.50 bits per heavy atom. The average molecular weight is 200 g/mol. The number of hydrogen-bond acceptors (Lipinski definition) is 3. The highest BCUT2D eigenvalue weighted by atomic mass is 32.2. The summed E-state index contributed by atoms with van der Waals surface area (Å²) < 4.78 is 24.0. The van der Waals surface area contributed by atoms with Gasteiger partial charge in [0.15, 0.2) is 9.84 Å². The van der Waals surface area contributed by atoms with Gasteiger partial charge in [0.25, 0.3) is 0 Å². The maximum absolute atomic E-state index is 11.5. The summed E-state index contributed by atoms with van der Waals surface area (Å²) in [6.45, 7) is 3.33. The molecular weight excluding hydrogens is 192 g/mol. The van der Waals surface area contributed by atoms with E-state index in [1.54, 1.807) is 13.8 Å². The van der Waals surface area contributed by atoms with E-state index in [-0.39, 0.29) is 0 Å². The summed E-state index contributed by atoms with van der Waals surface area (Å²) in [5, 5.41) is 2.81. The average Bonchev–Trinajstić information content (AvgIpc) is 2.53. The van der Waals surface area contributed by atoms with Crippen molar-refractivity contribution in [3.8, 4) is 0 Å². The summed E-state index contributed by atoms with van der Waals surface area (Å²) in [6, 6.07) is 1.86. The number of fused-ring (bicyclic) bond motifs is 1. The normalized spacial score (nSPS) is 19.8. The fraction of sp³-hybridized carbons (Fsp3) is 0.250. The Balaban J connectivity index is 3.18. The van der Waals surface area contributed by atoms with Crippen LogP contribution < -0.4 is 9.75 Å². The fourth-order valence-electron chi connectivity index (χ4n) is 1.36. The summed E-state index contributed by atoms with van der Waals surface area (Å²) in [5.74, 6) is 0. The van der Waals surface area contributed by atoms with E-state index in [4.69, 9.17) is 0 Å². The van der Waals surface area contributed by atoms with Crippen LogP contribution in [0, 0.1) is 0 Å². The molecule has 1 aromatic heterocycles. The monoisotopic (exact) mass is 200 g/mol. The van der Waals surface area contributed by atoms with Gasteiger partial charge in [0.2, 0.25) is 0 Å². The van der Waals surface area contributed by atoms with Crippen LogP contribution in [-0.2, 0) is 9.84 Å². The summed E-state index contributed by atoms with van der Waals surface area (Å²) in [7, 11) is -3.08. The van der Waals surface area contributed by atoms with Crippen LogP contribution in [0.25, 0.3) is 9.81 Å². The maximum Gasteiger partial charge on any atom is 0.200 e. The predicted molar refractivity (Wildman–Crippen MR) is 50.7 cm³/mol. The third-order valence-corrected chi connectivity index (χ3v) is 5.37. The minimum atomic E-state index is -3.08. The Morgan fingerprint density at radius 2 is 1.92 bits per heavy atom. The molecule has 0 radical (unpaired) electrons. The molecule has 0 aliphatic carbocycles. The van der Waals surface area contributed by atoms with Crippen LogP contribution >= 0.6 is 11.3 Å². The smallest absolute Gasteiger partial charge is 0.200 e. The van der Waals surface area contributed by atoms with Crippen molar-refractivity contribution < 1.29 is 8.42 Å². The molecule has 1 aromatic rings. The van der Waals surface area contributed by atoms with Gasteiger partial charge < -0.3 is 0 Å². The first kappa shape index (κ1) is 8.01. The molecule has 0 atom stereocenters. The molecule has 12 heavy (non-hydrogen) atoms. The van der Waals surface area contributed by atoms with Gasteiger partial charge in [-0.1, -0.05) is 0 Å². The molecule has 1 aliphatic heterocycles. The molecule has 4 heteroatoms. The lowest BCUT2D eigenvalue weighted by atomic mass is 10.4. The van der Waals surface area contributed by atoms with Crippen molar-refractivity contribution in [1.29, 1.82) is 0 Å². The number of hydrogen-bond donors (Lipinski definition) is 0. The molecule has 0 aromatic carbocycles. The van der Waals surface area contributed by atoms with Crippen molar-refractivity contribution in [1.82, 2.24) is 0 Å². The van der Waals surface area contributed by atoms with Gasteiger partial charge in [-0.15, -0.1) is 11.3 Å². The van der Waals surface area contributed by atoms with Gasteiger partial charge in [-0.2, -0.15) is 0 Å². The lowest BCUT2D eigenvalue weighted by molar-refractivity contribution is 0.614. The predicted octanol–water partition coefficient (Wildman–Crippen LogP) is 0.433. The van der Waals surface area contributed by atoms with E-state index in [2.05, 4.69) is 0 Å². The van der Waals surface area contributed by atoms with E-state index in [0.29, 0.717) is 9.81 Å². The van der Waals surface area contributed by atoms with Crippen molar-refractivity contribution in [2.24, 2.45) is 0 Å². The molecule has 0 bridgehead atoms. The quantitative estimate of drug-likeness (QED) is 0.608. The highest BCUT2D eigenvalue weighted by Crippen LogP contribution is 2.19. The molecule has 0 spiro atoms. The molecule has 2 heterocycles. The van der Waals surface area contributed by atoms with Crippen LogP contribution in [0.2, 0.25) is 0 Å². The van der Waals surface area contributed by atoms with E-state index in [9.17, 15) is 8.42 Å². The SMILES string of the molecule is CC1=c2ccsc2=C(C)S1(=O)=O. The molecule has 1 aliphatic rings. The van der Waals surface area contributed by atoms with Crippen LogP contribution in [0.5, 0.6) is 0 Å². The molecular formula is C8H8O2S2. The van der Waals surface area contributed by atoms with Crippen LogP contribution in [0.1, 0.15) is 13.8 Å². The number of sulfone groups is 1. The summed E-state index contributed by atoms with van der Waals surface area (Å²) in [5.41, 5.74) is 0. The first-order valence-electron chi connectivity index (χ1n) is 3.55. The fourth-order valence-corrected chi connectivity index (χ4v) is 4.02. The highest BCUT2D eigenvalue weighted by molar-refractivity contribution is 8.08. The zero-order valence-electron chi connectivity index (χ0n) is 6.79. The Kier molecular flexibility index (Phi) is 1.47. The molecule has 0 amide bonds. The van der Waals surface area contributed by atoms with E-state index in [1.807, 2.05) is 11.4 Å². The first-order valence-corrected chi connectivity index (χ1v) is 5.92. The van der Waals surface area contributed by atoms with E-state index < -0.39 is 9.84 Å². The molecule has 64 valence electrons. The summed E-state index contributed by atoms with van der Waals surface area (Å²) in [4.78, 5) is 1.00. The summed E-state index contributed by atoms with van der Waals surface area (Å²) >= 11 is 1.49. The number of rotatable bonds is 0. The maximum atomic E-state index is 11.5. The zero-order chi connectivity index (χ0) is 8.93. The Morgan fingerprint density at radius 1 is 1.25 bits per heavy atom. The Hall–Kier alpha value is -0.610. The Bertz CT molecular complexity index is 504. The molecule has 2 nitrogen and oxygen atoms in total. The van der Waals surface area contributed by atoms with Gasteiger partial charge in [0, 0.05) is 9.75 Å². The van der Waals surface area contributed by atoms with Crippen LogP contribution in [0.4, 0.5) is 0 Å². The molecule has 0 saturated carbocycles. The topological polar surface area (TPSA) is 34.1 Å². The van der Waals surface area contributed by atoms with Crippen molar-refractivity contribution in [3.63, 3.8) is 0 Å². The lowest BCUT2D eigenvalue weighted by Gasteiger charge is -1.95. The molecule has 2 rings (SSSR count). The number of thiophene rings is 1. The van der Waals surface area contributed by atoms with Crippen LogP contribution in [0.3, 0.4) is 0 Å².